The van der Waals surface area contributed by atoms with Gasteiger partial charge in [-0.2, -0.15) is 0 Å². The van der Waals surface area contributed by atoms with Crippen LogP contribution in [0.25, 0.3) is 49.7 Å². The van der Waals surface area contributed by atoms with E-state index in [4.69, 9.17) is 0 Å². The van der Waals surface area contributed by atoms with Crippen LogP contribution in [0.2, 0.25) is 0 Å². The molecule has 8 rings (SSSR count). The molecule has 1 nitrogen and oxygen atoms in total. The monoisotopic (exact) mass is 555 g/mol. The smallest absolute Gasteiger partial charge is 0.0576 e. The molecule has 1 aromatic heterocycles. The quantitative estimate of drug-likeness (QED) is 0.200. The van der Waals surface area contributed by atoms with Crippen LogP contribution in [0.15, 0.2) is 133 Å². The molecule has 0 atom stereocenters. The van der Waals surface area contributed by atoms with Gasteiger partial charge in [-0.05, 0) is 89.5 Å². The topological polar surface area (TPSA) is 4.93 Å². The molecular weight excluding hydrogens is 518 g/mol. The van der Waals surface area contributed by atoms with Gasteiger partial charge in [-0.15, -0.1) is 0 Å². The summed E-state index contributed by atoms with van der Waals surface area (Å²) in [6, 6.07) is 48.3. The van der Waals surface area contributed by atoms with Crippen LogP contribution in [0.3, 0.4) is 0 Å². The predicted molar refractivity (Wildman–Crippen MR) is 184 cm³/mol. The zero-order valence-corrected chi connectivity index (χ0v) is 25.6. The number of benzene rings is 6. The number of hydrogen-bond acceptors (Lipinski definition) is 0. The molecule has 210 valence electrons. The van der Waals surface area contributed by atoms with Crippen LogP contribution in [0.4, 0.5) is 0 Å². The van der Waals surface area contributed by atoms with Crippen LogP contribution in [-0.4, -0.2) is 4.57 Å². The highest BCUT2D eigenvalue weighted by atomic mass is 15.0. The molecule has 43 heavy (non-hydrogen) atoms. The van der Waals surface area contributed by atoms with Gasteiger partial charge in [0.2, 0.25) is 0 Å². The maximum atomic E-state index is 2.49. The molecule has 7 aromatic rings. The van der Waals surface area contributed by atoms with Crippen molar-refractivity contribution in [2.45, 2.75) is 40.0 Å². The minimum Gasteiger partial charge on any atom is -0.309 e. The molecule has 0 saturated carbocycles. The number of para-hydroxylation sites is 1. The lowest BCUT2D eigenvalue weighted by Crippen LogP contribution is -2.14. The van der Waals surface area contributed by atoms with E-state index in [-0.39, 0.29) is 5.41 Å². The Morgan fingerprint density at radius 1 is 0.488 bits per heavy atom. The van der Waals surface area contributed by atoms with Crippen molar-refractivity contribution in [3.8, 4) is 27.9 Å². The summed E-state index contributed by atoms with van der Waals surface area (Å²) in [5.74, 6) is 0. The molecule has 0 amide bonds. The lowest BCUT2D eigenvalue weighted by atomic mass is 9.82. The summed E-state index contributed by atoms with van der Waals surface area (Å²) in [4.78, 5) is 0. The first-order valence-electron chi connectivity index (χ1n) is 15.2. The first-order chi connectivity index (χ1) is 20.9. The summed E-state index contributed by atoms with van der Waals surface area (Å²) in [5.41, 5.74) is 15.9. The molecule has 0 fully saturated rings. The van der Waals surface area contributed by atoms with Crippen LogP contribution < -0.4 is 0 Å². The highest BCUT2D eigenvalue weighted by Crippen LogP contribution is 2.51. The van der Waals surface area contributed by atoms with E-state index in [1.54, 1.807) is 0 Å². The number of aromatic nitrogens is 1. The lowest BCUT2D eigenvalue weighted by Gasteiger charge is -2.21. The Labute approximate surface area is 255 Å². The van der Waals surface area contributed by atoms with Crippen LogP contribution in [0.5, 0.6) is 0 Å². The van der Waals surface area contributed by atoms with Crippen LogP contribution in [-0.2, 0) is 5.41 Å². The number of fused-ring (bicyclic) bond motifs is 6. The van der Waals surface area contributed by atoms with Crippen molar-refractivity contribution in [2.75, 3.05) is 0 Å². The van der Waals surface area contributed by atoms with Gasteiger partial charge in [-0.1, -0.05) is 129 Å². The summed E-state index contributed by atoms with van der Waals surface area (Å²) in [7, 11) is 0. The molecule has 1 aliphatic carbocycles. The van der Waals surface area contributed by atoms with Gasteiger partial charge >= 0.3 is 0 Å². The van der Waals surface area contributed by atoms with Gasteiger partial charge in [-0.3, -0.25) is 0 Å². The average molecular weight is 556 g/mol. The third-order valence-corrected chi connectivity index (χ3v) is 9.28. The standard InChI is InChI=1S/C35H29N.C7H8/c1-22-12-8-9-15-25(22)26-18-19-28-30-20-29-27-16-10-11-17-31(27)35(3,4)32(29)21-33(30)36(34(28)23(26)2)24-13-6-5-7-14-24;1-7-5-3-2-4-6-7/h5-21H,1-4H3;2-6H,1H3. The van der Waals surface area contributed by atoms with Crippen molar-refractivity contribution in [3.63, 3.8) is 0 Å². The van der Waals surface area contributed by atoms with E-state index >= 15 is 0 Å². The van der Waals surface area contributed by atoms with Crippen molar-refractivity contribution < 1.29 is 0 Å². The summed E-state index contributed by atoms with van der Waals surface area (Å²) in [6.45, 7) is 11.3. The molecule has 1 heterocycles. The third kappa shape index (κ3) is 4.39. The molecule has 0 aliphatic heterocycles. The Bertz CT molecular complexity index is 2110. The minimum atomic E-state index is -0.0283. The van der Waals surface area contributed by atoms with E-state index in [2.05, 4.69) is 154 Å². The Balaban J connectivity index is 0.000000379. The third-order valence-electron chi connectivity index (χ3n) is 9.28. The Hall–Kier alpha value is -4.88. The molecule has 6 aromatic carbocycles. The number of nitrogens with zero attached hydrogens (tertiary/aromatic N) is 1. The second kappa shape index (κ2) is 10.4. The molecule has 0 unspecified atom stereocenters. The summed E-state index contributed by atoms with van der Waals surface area (Å²) < 4.78 is 2.49. The van der Waals surface area contributed by atoms with Crippen LogP contribution in [0.1, 0.15) is 41.7 Å². The summed E-state index contributed by atoms with van der Waals surface area (Å²) in [6.07, 6.45) is 0. The molecule has 1 heteroatoms. The zero-order valence-electron chi connectivity index (χ0n) is 25.6. The molecule has 0 radical (unpaired) electrons. The lowest BCUT2D eigenvalue weighted by molar-refractivity contribution is 0.661. The zero-order chi connectivity index (χ0) is 29.7. The maximum absolute atomic E-state index is 2.49. The maximum Gasteiger partial charge on any atom is 0.0576 e. The van der Waals surface area contributed by atoms with Crippen LogP contribution in [0, 0.1) is 20.8 Å². The number of hydrogen-bond donors (Lipinski definition) is 0. The molecule has 0 bridgehead atoms. The second-order valence-corrected chi connectivity index (χ2v) is 12.4. The van der Waals surface area contributed by atoms with Gasteiger partial charge in [0.05, 0.1) is 11.0 Å². The van der Waals surface area contributed by atoms with Gasteiger partial charge < -0.3 is 4.57 Å². The van der Waals surface area contributed by atoms with E-state index in [0.29, 0.717) is 0 Å². The molecule has 0 saturated heterocycles. The van der Waals surface area contributed by atoms with E-state index < -0.39 is 0 Å². The van der Waals surface area contributed by atoms with Crippen molar-refractivity contribution in [1.82, 2.24) is 4.57 Å². The predicted octanol–water partition coefficient (Wildman–Crippen LogP) is 11.4. The van der Waals surface area contributed by atoms with Crippen molar-refractivity contribution in [1.29, 1.82) is 0 Å². The van der Waals surface area contributed by atoms with Crippen molar-refractivity contribution in [3.05, 3.63) is 161 Å². The highest BCUT2D eigenvalue weighted by Gasteiger charge is 2.36. The van der Waals surface area contributed by atoms with Gasteiger partial charge in [-0.25, -0.2) is 0 Å². The van der Waals surface area contributed by atoms with Crippen LogP contribution >= 0.6 is 0 Å². The Morgan fingerprint density at radius 2 is 1.12 bits per heavy atom. The highest BCUT2D eigenvalue weighted by molar-refractivity contribution is 6.13. The molecule has 0 spiro atoms. The fourth-order valence-corrected chi connectivity index (χ4v) is 7.01. The normalized spacial score (nSPS) is 13.0. The number of rotatable bonds is 2. The van der Waals surface area contributed by atoms with E-state index in [0.717, 1.165) is 0 Å². The van der Waals surface area contributed by atoms with E-state index in [1.165, 1.54) is 77.6 Å². The number of aryl methyl sites for hydroxylation is 3. The van der Waals surface area contributed by atoms with E-state index in [1.807, 2.05) is 18.2 Å². The average Bonchev–Trinajstić information content (AvgIpc) is 3.47. The van der Waals surface area contributed by atoms with Gasteiger partial charge in [0.15, 0.2) is 0 Å². The Morgan fingerprint density at radius 3 is 1.79 bits per heavy atom. The minimum absolute atomic E-state index is 0.0283. The fraction of sp³-hybridized carbons (Fsp3) is 0.143. The second-order valence-electron chi connectivity index (χ2n) is 12.4. The molecular formula is C42H37N. The molecule has 1 aliphatic rings. The first-order valence-corrected chi connectivity index (χ1v) is 15.2. The van der Waals surface area contributed by atoms with Gasteiger partial charge in [0.25, 0.3) is 0 Å². The van der Waals surface area contributed by atoms with Gasteiger partial charge in [0.1, 0.15) is 0 Å². The summed E-state index contributed by atoms with van der Waals surface area (Å²) >= 11 is 0. The largest absolute Gasteiger partial charge is 0.309 e. The molecule has 0 N–H and O–H groups in total. The Kier molecular flexibility index (Phi) is 6.55. The SMILES string of the molecule is Cc1ccccc1.Cc1ccccc1-c1ccc2c3cc4c(cc3n(-c3ccccc3)c2c1C)C(C)(C)c1ccccc1-4. The van der Waals surface area contributed by atoms with Gasteiger partial charge in [0, 0.05) is 21.9 Å². The fourth-order valence-electron chi connectivity index (χ4n) is 7.01. The van der Waals surface area contributed by atoms with Crippen molar-refractivity contribution >= 4 is 21.8 Å². The summed E-state index contributed by atoms with van der Waals surface area (Å²) in [5, 5.41) is 2.63. The van der Waals surface area contributed by atoms with Crippen molar-refractivity contribution in [2.24, 2.45) is 0 Å². The van der Waals surface area contributed by atoms with E-state index in [9.17, 15) is 0 Å². The first kappa shape index (κ1) is 27.0.